The topological polar surface area (TPSA) is 82.1 Å². The lowest BCUT2D eigenvalue weighted by Gasteiger charge is -2.40. The predicted octanol–water partition coefficient (Wildman–Crippen LogP) is 2.34. The van der Waals surface area contributed by atoms with Crippen molar-refractivity contribution in [1.29, 1.82) is 0 Å². The maximum Gasteiger partial charge on any atom is 0.193 e. The van der Waals surface area contributed by atoms with Crippen LogP contribution in [0.2, 0.25) is 0 Å². The number of Topliss-reactive ketones (excluding diaryl/α,β-unsaturated/α-hetero) is 2. The minimum absolute atomic E-state index is 0.00835. The van der Waals surface area contributed by atoms with Crippen molar-refractivity contribution in [2.45, 2.75) is 18.1 Å². The Morgan fingerprint density at radius 2 is 1.85 bits per heavy atom. The maximum atomic E-state index is 13.1. The number of rotatable bonds is 1. The van der Waals surface area contributed by atoms with Crippen LogP contribution in [0, 0.1) is 5.92 Å². The number of ether oxygens (including phenoxy) is 3. The largest absolute Gasteiger partial charge is 0.504 e. The number of methoxy groups -OCH3 is 1. The van der Waals surface area contributed by atoms with E-state index in [1.807, 2.05) is 0 Å². The van der Waals surface area contributed by atoms with Crippen LogP contribution in [0.1, 0.15) is 32.2 Å². The van der Waals surface area contributed by atoms with Crippen LogP contribution in [0.5, 0.6) is 17.2 Å². The van der Waals surface area contributed by atoms with Crippen LogP contribution in [0.4, 0.5) is 0 Å². The Balaban J connectivity index is 1.59. The van der Waals surface area contributed by atoms with Crippen LogP contribution in [0.3, 0.4) is 0 Å². The van der Waals surface area contributed by atoms with Crippen molar-refractivity contribution in [2.75, 3.05) is 13.7 Å². The molecule has 1 saturated heterocycles. The number of phenols is 1. The van der Waals surface area contributed by atoms with Crippen LogP contribution in [-0.4, -0.2) is 42.6 Å². The average Bonchev–Trinajstić information content (AvgIpc) is 3.02. The average molecular weight is 352 g/mol. The lowest BCUT2D eigenvalue weighted by atomic mass is 9.72. The molecule has 0 spiro atoms. The smallest absolute Gasteiger partial charge is 0.193 e. The third-order valence-corrected chi connectivity index (χ3v) is 5.52. The first-order valence-electron chi connectivity index (χ1n) is 8.46. The molecule has 2 aromatic carbocycles. The molecule has 3 aliphatic rings. The fourth-order valence-electron chi connectivity index (χ4n) is 4.29. The van der Waals surface area contributed by atoms with E-state index >= 15 is 0 Å². The highest BCUT2D eigenvalue weighted by molar-refractivity contribution is 6.17. The van der Waals surface area contributed by atoms with Gasteiger partial charge >= 0.3 is 0 Å². The molecule has 0 aromatic heterocycles. The van der Waals surface area contributed by atoms with Gasteiger partial charge in [0.1, 0.15) is 18.0 Å². The number of carbonyl (C=O) groups is 2. The minimum atomic E-state index is -0.830. The van der Waals surface area contributed by atoms with Crippen LogP contribution < -0.4 is 9.47 Å². The van der Waals surface area contributed by atoms with Gasteiger partial charge < -0.3 is 19.3 Å². The second-order valence-electron chi connectivity index (χ2n) is 6.80. The Hall–Kier alpha value is -2.86. The van der Waals surface area contributed by atoms with Gasteiger partial charge in [-0.2, -0.15) is 0 Å². The molecule has 132 valence electrons. The number of benzene rings is 2. The van der Waals surface area contributed by atoms with Gasteiger partial charge in [-0.3, -0.25) is 9.59 Å². The third-order valence-electron chi connectivity index (χ3n) is 5.52. The lowest BCUT2D eigenvalue weighted by molar-refractivity contribution is -0.0593. The van der Waals surface area contributed by atoms with Crippen molar-refractivity contribution in [3.63, 3.8) is 0 Å². The molecule has 6 heteroatoms. The van der Waals surface area contributed by atoms with E-state index in [1.165, 1.54) is 7.11 Å². The number of ketones is 2. The molecule has 0 amide bonds. The van der Waals surface area contributed by atoms with Crippen LogP contribution in [0.15, 0.2) is 36.4 Å². The first kappa shape index (κ1) is 15.4. The summed E-state index contributed by atoms with van der Waals surface area (Å²) in [5.74, 6) is -0.363. The van der Waals surface area contributed by atoms with E-state index in [2.05, 4.69) is 0 Å². The summed E-state index contributed by atoms with van der Waals surface area (Å²) < 4.78 is 17.0. The quantitative estimate of drug-likeness (QED) is 0.848. The number of aromatic hydroxyl groups is 1. The first-order valence-corrected chi connectivity index (χ1v) is 8.46. The summed E-state index contributed by atoms with van der Waals surface area (Å²) in [7, 11) is 1.46. The minimum Gasteiger partial charge on any atom is -0.504 e. The Morgan fingerprint density at radius 1 is 1.12 bits per heavy atom. The zero-order valence-electron chi connectivity index (χ0n) is 14.0. The molecule has 5 rings (SSSR count). The molecular formula is C20H16O6. The fraction of sp³-hybridized carbons (Fsp3) is 0.300. The van der Waals surface area contributed by atoms with Crippen molar-refractivity contribution in [3.05, 3.63) is 53.1 Å². The highest BCUT2D eigenvalue weighted by Gasteiger charge is 2.55. The summed E-state index contributed by atoms with van der Waals surface area (Å²) in [6, 6.07) is 10.0. The van der Waals surface area contributed by atoms with Gasteiger partial charge in [-0.25, -0.2) is 0 Å². The van der Waals surface area contributed by atoms with E-state index < -0.39 is 18.1 Å². The molecule has 1 aliphatic carbocycles. The second kappa shape index (κ2) is 5.32. The summed E-state index contributed by atoms with van der Waals surface area (Å²) in [6.45, 7) is 0.256. The predicted molar refractivity (Wildman–Crippen MR) is 90.1 cm³/mol. The number of phenolic OH excluding ortho intramolecular Hbond substituents is 1. The summed E-state index contributed by atoms with van der Waals surface area (Å²) in [5.41, 5.74) is 1.60. The Labute approximate surface area is 149 Å². The van der Waals surface area contributed by atoms with E-state index in [-0.39, 0.29) is 29.8 Å². The van der Waals surface area contributed by atoms with Crippen molar-refractivity contribution >= 4 is 11.6 Å². The SMILES string of the molecule is COc1cc2c(cc1O)C1COC3C(=O)c4ccccc4C(=O)C3C1O2. The lowest BCUT2D eigenvalue weighted by Crippen LogP contribution is -2.54. The van der Waals surface area contributed by atoms with E-state index in [1.54, 1.807) is 36.4 Å². The van der Waals surface area contributed by atoms with Gasteiger partial charge in [0.15, 0.2) is 23.1 Å². The van der Waals surface area contributed by atoms with Gasteiger partial charge in [-0.1, -0.05) is 24.3 Å². The van der Waals surface area contributed by atoms with Gasteiger partial charge in [0.25, 0.3) is 0 Å². The molecule has 2 aromatic rings. The van der Waals surface area contributed by atoms with Crippen molar-refractivity contribution < 1.29 is 28.9 Å². The number of carbonyl (C=O) groups excluding carboxylic acids is 2. The van der Waals surface area contributed by atoms with E-state index in [0.717, 1.165) is 5.56 Å². The van der Waals surface area contributed by atoms with Gasteiger partial charge in [-0.15, -0.1) is 0 Å². The molecule has 6 nitrogen and oxygen atoms in total. The van der Waals surface area contributed by atoms with Gasteiger partial charge in [-0.05, 0) is 6.07 Å². The second-order valence-corrected chi connectivity index (χ2v) is 6.80. The summed E-state index contributed by atoms with van der Waals surface area (Å²) in [6.07, 6.45) is -1.33. The van der Waals surface area contributed by atoms with E-state index in [0.29, 0.717) is 22.6 Å². The van der Waals surface area contributed by atoms with Gasteiger partial charge in [0, 0.05) is 28.7 Å². The maximum absolute atomic E-state index is 13.1. The number of hydrogen-bond acceptors (Lipinski definition) is 6. The zero-order valence-corrected chi connectivity index (χ0v) is 14.0. The molecule has 0 radical (unpaired) electrons. The molecule has 0 saturated carbocycles. The van der Waals surface area contributed by atoms with Crippen LogP contribution in [-0.2, 0) is 4.74 Å². The Morgan fingerprint density at radius 3 is 2.58 bits per heavy atom. The van der Waals surface area contributed by atoms with Crippen LogP contribution in [0.25, 0.3) is 0 Å². The molecule has 1 N–H and O–H groups in total. The van der Waals surface area contributed by atoms with Gasteiger partial charge in [0.05, 0.1) is 19.6 Å². The Bertz CT molecular complexity index is 949. The highest BCUT2D eigenvalue weighted by Crippen LogP contribution is 2.50. The highest BCUT2D eigenvalue weighted by atomic mass is 16.5. The first-order chi connectivity index (χ1) is 12.6. The molecule has 1 fully saturated rings. The van der Waals surface area contributed by atoms with E-state index in [4.69, 9.17) is 14.2 Å². The van der Waals surface area contributed by atoms with E-state index in [9.17, 15) is 14.7 Å². The number of fused-ring (bicyclic) bond motifs is 6. The normalized spacial score (nSPS) is 28.5. The Kier molecular flexibility index (Phi) is 3.15. The summed E-state index contributed by atoms with van der Waals surface area (Å²) >= 11 is 0. The molecule has 4 unspecified atom stereocenters. The molecule has 26 heavy (non-hydrogen) atoms. The monoisotopic (exact) mass is 352 g/mol. The standard InChI is InChI=1S/C20H16O6/c1-24-15-7-14-11(6-13(15)21)12-8-25-20-16(19(12)26-14)17(22)9-4-2-3-5-10(9)18(20)23/h2-7,12,16,19-21H,8H2,1H3. The molecule has 2 aliphatic heterocycles. The molecular weight excluding hydrogens is 336 g/mol. The van der Waals surface area contributed by atoms with Crippen molar-refractivity contribution in [1.82, 2.24) is 0 Å². The molecule has 0 bridgehead atoms. The zero-order chi connectivity index (χ0) is 18.0. The van der Waals surface area contributed by atoms with Crippen molar-refractivity contribution in [3.8, 4) is 17.2 Å². The molecule has 4 atom stereocenters. The third kappa shape index (κ3) is 1.90. The molecule has 2 heterocycles. The number of hydrogen-bond donors (Lipinski definition) is 1. The van der Waals surface area contributed by atoms with Gasteiger partial charge in [0.2, 0.25) is 0 Å². The fourth-order valence-corrected chi connectivity index (χ4v) is 4.29. The summed E-state index contributed by atoms with van der Waals surface area (Å²) in [4.78, 5) is 25.9. The van der Waals surface area contributed by atoms with Crippen molar-refractivity contribution in [2.24, 2.45) is 5.92 Å². The van der Waals surface area contributed by atoms with Crippen LogP contribution >= 0.6 is 0 Å². The summed E-state index contributed by atoms with van der Waals surface area (Å²) in [5, 5.41) is 10.1.